The molecule has 1 amide bonds. The molecule has 0 fully saturated rings. The number of ether oxygens (including phenoxy) is 3. The number of aromatic nitrogens is 1. The van der Waals surface area contributed by atoms with Gasteiger partial charge in [-0.2, -0.15) is 0 Å². The number of nitrogens with one attached hydrogen (secondary N) is 1. The van der Waals surface area contributed by atoms with E-state index in [1.165, 1.54) is 0 Å². The predicted molar refractivity (Wildman–Crippen MR) is 104 cm³/mol. The maximum absolute atomic E-state index is 12.1. The van der Waals surface area contributed by atoms with Crippen molar-refractivity contribution in [1.29, 1.82) is 0 Å². The quantitative estimate of drug-likeness (QED) is 0.488. The van der Waals surface area contributed by atoms with Crippen LogP contribution in [0.15, 0.2) is 24.3 Å². The van der Waals surface area contributed by atoms with E-state index in [0.717, 1.165) is 11.3 Å². The van der Waals surface area contributed by atoms with Gasteiger partial charge in [0, 0.05) is 6.42 Å². The van der Waals surface area contributed by atoms with Crippen LogP contribution in [-0.2, 0) is 9.53 Å². The molecule has 0 aliphatic carbocycles. The third-order valence-corrected chi connectivity index (χ3v) is 4.51. The molecular formula is C19H24N2O5S. The summed E-state index contributed by atoms with van der Waals surface area (Å²) in [4.78, 5) is 28.5. The summed E-state index contributed by atoms with van der Waals surface area (Å²) in [6.07, 6.45) is 0.825. The summed E-state index contributed by atoms with van der Waals surface area (Å²) in [5, 5.41) is 3.10. The number of anilines is 1. The smallest absolute Gasteiger partial charge is 0.350 e. The molecule has 1 heterocycles. The van der Waals surface area contributed by atoms with E-state index in [2.05, 4.69) is 10.3 Å². The van der Waals surface area contributed by atoms with Crippen LogP contribution >= 0.6 is 11.3 Å². The molecular weight excluding hydrogens is 368 g/mol. The topological polar surface area (TPSA) is 86.8 Å². The zero-order valence-corrected chi connectivity index (χ0v) is 16.6. The third kappa shape index (κ3) is 6.25. The predicted octanol–water partition coefficient (Wildman–Crippen LogP) is 3.82. The van der Waals surface area contributed by atoms with Crippen LogP contribution in [0, 0.1) is 6.92 Å². The van der Waals surface area contributed by atoms with Crippen molar-refractivity contribution in [3.63, 3.8) is 0 Å². The van der Waals surface area contributed by atoms with Crippen LogP contribution < -0.4 is 14.8 Å². The molecule has 8 heteroatoms. The number of amides is 1. The maximum Gasteiger partial charge on any atom is 0.350 e. The zero-order chi connectivity index (χ0) is 19.6. The SMILES string of the molecule is CCOC(=O)c1sc(NC(=O)CCCOc2ccccc2OCC)nc1C. The van der Waals surface area contributed by atoms with Gasteiger partial charge in [0.15, 0.2) is 16.6 Å². The molecule has 0 aliphatic rings. The first kappa shape index (κ1) is 20.7. The largest absolute Gasteiger partial charge is 0.490 e. The van der Waals surface area contributed by atoms with Crippen molar-refractivity contribution < 1.29 is 23.8 Å². The molecule has 0 spiro atoms. The Morgan fingerprint density at radius 2 is 1.81 bits per heavy atom. The van der Waals surface area contributed by atoms with Gasteiger partial charge < -0.3 is 19.5 Å². The average molecular weight is 392 g/mol. The van der Waals surface area contributed by atoms with Crippen LogP contribution in [-0.4, -0.2) is 36.7 Å². The molecule has 1 aromatic carbocycles. The Morgan fingerprint density at radius 1 is 1.11 bits per heavy atom. The van der Waals surface area contributed by atoms with Crippen molar-refractivity contribution in [1.82, 2.24) is 4.98 Å². The average Bonchev–Trinajstić information content (AvgIpc) is 3.00. The summed E-state index contributed by atoms with van der Waals surface area (Å²) in [6, 6.07) is 7.43. The molecule has 0 atom stereocenters. The molecule has 0 aliphatic heterocycles. The van der Waals surface area contributed by atoms with E-state index < -0.39 is 5.97 Å². The number of hydrogen-bond donors (Lipinski definition) is 1. The van der Waals surface area contributed by atoms with Crippen molar-refractivity contribution in [2.24, 2.45) is 0 Å². The minimum Gasteiger partial charge on any atom is -0.490 e. The van der Waals surface area contributed by atoms with Gasteiger partial charge in [0.05, 0.1) is 25.5 Å². The molecule has 27 heavy (non-hydrogen) atoms. The van der Waals surface area contributed by atoms with Gasteiger partial charge in [-0.1, -0.05) is 23.5 Å². The standard InChI is InChI=1S/C19H24N2O5S/c1-4-24-14-9-6-7-10-15(14)26-12-8-11-16(22)21-19-20-13(3)17(27-19)18(23)25-5-2/h6-7,9-10H,4-5,8,11-12H2,1-3H3,(H,20,21,22). The number of nitrogens with zero attached hydrogens (tertiary/aromatic N) is 1. The van der Waals surface area contributed by atoms with Crippen molar-refractivity contribution in [2.75, 3.05) is 25.1 Å². The van der Waals surface area contributed by atoms with Crippen LogP contribution in [0.1, 0.15) is 42.1 Å². The Hall–Kier alpha value is -2.61. The number of aryl methyl sites for hydroxylation is 1. The number of esters is 1. The van der Waals surface area contributed by atoms with E-state index in [4.69, 9.17) is 14.2 Å². The molecule has 2 aromatic rings. The van der Waals surface area contributed by atoms with Gasteiger partial charge in [0.1, 0.15) is 4.88 Å². The van der Waals surface area contributed by atoms with E-state index in [-0.39, 0.29) is 12.3 Å². The number of carbonyl (C=O) groups excluding carboxylic acids is 2. The molecule has 2 rings (SSSR count). The molecule has 0 saturated heterocycles. The lowest BCUT2D eigenvalue weighted by Gasteiger charge is -2.11. The van der Waals surface area contributed by atoms with Crippen LogP contribution in [0.3, 0.4) is 0 Å². The Kier molecular flexibility index (Phi) is 8.06. The van der Waals surface area contributed by atoms with E-state index >= 15 is 0 Å². The second kappa shape index (κ2) is 10.5. The van der Waals surface area contributed by atoms with Gasteiger partial charge in [0.2, 0.25) is 5.91 Å². The number of carbonyl (C=O) groups is 2. The zero-order valence-electron chi connectivity index (χ0n) is 15.7. The van der Waals surface area contributed by atoms with Crippen molar-refractivity contribution in [2.45, 2.75) is 33.6 Å². The normalized spacial score (nSPS) is 10.3. The minimum atomic E-state index is -0.422. The Morgan fingerprint density at radius 3 is 2.48 bits per heavy atom. The Labute approximate surface area is 162 Å². The molecule has 0 unspecified atom stereocenters. The fourth-order valence-electron chi connectivity index (χ4n) is 2.28. The number of benzene rings is 1. The second-order valence-corrected chi connectivity index (χ2v) is 6.53. The lowest BCUT2D eigenvalue weighted by atomic mass is 10.3. The van der Waals surface area contributed by atoms with E-state index in [0.29, 0.717) is 53.4 Å². The fraction of sp³-hybridized carbons (Fsp3) is 0.421. The van der Waals surface area contributed by atoms with Gasteiger partial charge in [0.25, 0.3) is 0 Å². The van der Waals surface area contributed by atoms with Gasteiger partial charge >= 0.3 is 5.97 Å². The Balaban J connectivity index is 1.79. The van der Waals surface area contributed by atoms with E-state index in [1.807, 2.05) is 31.2 Å². The lowest BCUT2D eigenvalue weighted by molar-refractivity contribution is -0.116. The summed E-state index contributed by atoms with van der Waals surface area (Å²) < 4.78 is 16.2. The van der Waals surface area contributed by atoms with E-state index in [1.54, 1.807) is 13.8 Å². The van der Waals surface area contributed by atoms with Crippen LogP contribution in [0.25, 0.3) is 0 Å². The highest BCUT2D eigenvalue weighted by Gasteiger charge is 2.17. The van der Waals surface area contributed by atoms with Crippen molar-refractivity contribution in [3.05, 3.63) is 34.8 Å². The highest BCUT2D eigenvalue weighted by Crippen LogP contribution is 2.26. The molecule has 7 nitrogen and oxygen atoms in total. The highest BCUT2D eigenvalue weighted by atomic mass is 32.1. The molecule has 146 valence electrons. The molecule has 0 radical (unpaired) electrons. The summed E-state index contributed by atoms with van der Waals surface area (Å²) in [5.74, 6) is 0.749. The molecule has 0 saturated carbocycles. The molecule has 1 aromatic heterocycles. The first-order valence-corrected chi connectivity index (χ1v) is 9.65. The molecule has 0 bridgehead atoms. The minimum absolute atomic E-state index is 0.180. The molecule has 1 N–H and O–H groups in total. The van der Waals surface area contributed by atoms with Crippen molar-refractivity contribution >= 4 is 28.3 Å². The third-order valence-electron chi connectivity index (χ3n) is 3.46. The Bertz CT molecular complexity index is 775. The summed E-state index contributed by atoms with van der Waals surface area (Å²) >= 11 is 1.11. The van der Waals surface area contributed by atoms with Crippen LogP contribution in [0.4, 0.5) is 5.13 Å². The summed E-state index contributed by atoms with van der Waals surface area (Å²) in [7, 11) is 0. The van der Waals surface area contributed by atoms with Gasteiger partial charge in [-0.25, -0.2) is 9.78 Å². The maximum atomic E-state index is 12.1. The van der Waals surface area contributed by atoms with Gasteiger partial charge in [-0.05, 0) is 39.3 Å². The number of hydrogen-bond acceptors (Lipinski definition) is 7. The second-order valence-electron chi connectivity index (χ2n) is 5.53. The van der Waals surface area contributed by atoms with E-state index in [9.17, 15) is 9.59 Å². The first-order valence-electron chi connectivity index (χ1n) is 8.84. The fourth-order valence-corrected chi connectivity index (χ4v) is 3.15. The van der Waals surface area contributed by atoms with Gasteiger partial charge in [-0.15, -0.1) is 0 Å². The first-order chi connectivity index (χ1) is 13.0. The van der Waals surface area contributed by atoms with Gasteiger partial charge in [-0.3, -0.25) is 4.79 Å². The summed E-state index contributed by atoms with van der Waals surface area (Å²) in [6.45, 7) is 6.61. The van der Waals surface area contributed by atoms with Crippen molar-refractivity contribution in [3.8, 4) is 11.5 Å². The monoisotopic (exact) mass is 392 g/mol. The number of rotatable bonds is 10. The number of thiazole rings is 1. The summed E-state index contributed by atoms with van der Waals surface area (Å²) in [5.41, 5.74) is 0.546. The lowest BCUT2D eigenvalue weighted by Crippen LogP contribution is -2.12. The number of para-hydroxylation sites is 2. The van der Waals surface area contributed by atoms with Crippen LogP contribution in [0.2, 0.25) is 0 Å². The highest BCUT2D eigenvalue weighted by molar-refractivity contribution is 7.17. The van der Waals surface area contributed by atoms with Crippen LogP contribution in [0.5, 0.6) is 11.5 Å².